The fourth-order valence-corrected chi connectivity index (χ4v) is 2.66. The fourth-order valence-electron chi connectivity index (χ4n) is 2.66. The number of amides is 2. The minimum atomic E-state index is -0.279. The molecule has 0 aromatic rings. The van der Waals surface area contributed by atoms with Gasteiger partial charge in [0.2, 0.25) is 5.91 Å². The topological polar surface area (TPSA) is 49.9 Å². The molecule has 0 aromatic heterocycles. The van der Waals surface area contributed by atoms with E-state index in [0.29, 0.717) is 25.3 Å². The van der Waals surface area contributed by atoms with Crippen LogP contribution < -0.4 is 0 Å². The Kier molecular flexibility index (Phi) is 4.09. The van der Waals surface area contributed by atoms with Crippen LogP contribution in [0.3, 0.4) is 0 Å². The molecule has 2 amide bonds. The van der Waals surface area contributed by atoms with Crippen molar-refractivity contribution < 1.29 is 14.3 Å². The van der Waals surface area contributed by atoms with Crippen molar-refractivity contribution in [3.63, 3.8) is 0 Å². The zero-order valence-electron chi connectivity index (χ0n) is 11.2. The van der Waals surface area contributed by atoms with Crippen LogP contribution in [0, 0.1) is 5.92 Å². The summed E-state index contributed by atoms with van der Waals surface area (Å²) in [5, 5.41) is 0. The lowest BCUT2D eigenvalue weighted by molar-refractivity contribution is -0.133. The Labute approximate surface area is 108 Å². The number of hydrogen-bond donors (Lipinski definition) is 0. The van der Waals surface area contributed by atoms with Crippen LogP contribution in [0.5, 0.6) is 0 Å². The second-order valence-corrected chi connectivity index (χ2v) is 5.51. The van der Waals surface area contributed by atoms with Crippen molar-refractivity contribution in [2.45, 2.75) is 38.7 Å². The van der Waals surface area contributed by atoms with Crippen LogP contribution in [0.2, 0.25) is 0 Å². The van der Waals surface area contributed by atoms with Gasteiger partial charge in [-0.25, -0.2) is 4.79 Å². The van der Waals surface area contributed by atoms with Crippen molar-refractivity contribution in [3.05, 3.63) is 0 Å². The van der Waals surface area contributed by atoms with Gasteiger partial charge in [0.25, 0.3) is 0 Å². The van der Waals surface area contributed by atoms with E-state index in [9.17, 15) is 9.59 Å². The molecule has 18 heavy (non-hydrogen) atoms. The van der Waals surface area contributed by atoms with E-state index < -0.39 is 0 Å². The van der Waals surface area contributed by atoms with E-state index in [1.165, 1.54) is 6.42 Å². The van der Waals surface area contributed by atoms with Crippen LogP contribution in [0.1, 0.15) is 32.6 Å². The number of ether oxygens (including phenoxy) is 1. The standard InChI is InChI=1S/C13H22N2O3/c1-10-4-3-7-15(8-10)12(16)6-5-11-9-14(2)13(17)18-11/h10-11H,3-9H2,1-2H3. The molecule has 2 heterocycles. The summed E-state index contributed by atoms with van der Waals surface area (Å²) in [4.78, 5) is 26.7. The van der Waals surface area contributed by atoms with E-state index in [4.69, 9.17) is 4.74 Å². The van der Waals surface area contributed by atoms with Crippen molar-refractivity contribution >= 4 is 12.0 Å². The summed E-state index contributed by atoms with van der Waals surface area (Å²) in [6.07, 6.45) is 3.05. The highest BCUT2D eigenvalue weighted by Gasteiger charge is 2.29. The highest BCUT2D eigenvalue weighted by molar-refractivity contribution is 5.76. The van der Waals surface area contributed by atoms with Crippen molar-refractivity contribution in [3.8, 4) is 0 Å². The molecule has 0 aliphatic carbocycles. The molecular formula is C13H22N2O3. The summed E-state index contributed by atoms with van der Waals surface area (Å²) < 4.78 is 5.15. The van der Waals surface area contributed by atoms with Crippen molar-refractivity contribution in [2.75, 3.05) is 26.7 Å². The lowest BCUT2D eigenvalue weighted by Gasteiger charge is -2.31. The molecule has 2 fully saturated rings. The normalized spacial score (nSPS) is 28.4. The second kappa shape index (κ2) is 5.59. The molecule has 2 rings (SSSR count). The van der Waals surface area contributed by atoms with Gasteiger partial charge in [-0.15, -0.1) is 0 Å². The Morgan fingerprint density at radius 2 is 2.22 bits per heavy atom. The van der Waals surface area contributed by atoms with Gasteiger partial charge in [-0.1, -0.05) is 6.92 Å². The Morgan fingerprint density at radius 3 is 2.83 bits per heavy atom. The Bertz CT molecular complexity index is 332. The third-order valence-corrected chi connectivity index (χ3v) is 3.75. The maximum Gasteiger partial charge on any atom is 0.409 e. The van der Waals surface area contributed by atoms with Crippen LogP contribution in [0.25, 0.3) is 0 Å². The van der Waals surface area contributed by atoms with Gasteiger partial charge in [-0.2, -0.15) is 0 Å². The number of likely N-dealkylation sites (tertiary alicyclic amines) is 1. The van der Waals surface area contributed by atoms with Crippen LogP contribution in [-0.2, 0) is 9.53 Å². The first-order chi connectivity index (χ1) is 8.56. The molecule has 0 radical (unpaired) electrons. The largest absolute Gasteiger partial charge is 0.444 e. The average Bonchev–Trinajstić information content (AvgIpc) is 2.66. The summed E-state index contributed by atoms with van der Waals surface area (Å²) in [6.45, 7) is 4.55. The van der Waals surface area contributed by atoms with E-state index in [2.05, 4.69) is 6.92 Å². The van der Waals surface area contributed by atoms with Gasteiger partial charge < -0.3 is 14.5 Å². The minimum Gasteiger partial charge on any atom is -0.444 e. The van der Waals surface area contributed by atoms with Gasteiger partial charge >= 0.3 is 6.09 Å². The Balaban J connectivity index is 1.73. The molecule has 0 bridgehead atoms. The molecule has 2 aliphatic rings. The predicted octanol–water partition coefficient (Wildman–Crippen LogP) is 1.48. The number of carbonyl (C=O) groups excluding carboxylic acids is 2. The third-order valence-electron chi connectivity index (χ3n) is 3.75. The zero-order valence-corrected chi connectivity index (χ0v) is 11.2. The average molecular weight is 254 g/mol. The molecule has 0 saturated carbocycles. The number of cyclic esters (lactones) is 1. The van der Waals surface area contributed by atoms with Crippen molar-refractivity contribution in [2.24, 2.45) is 5.92 Å². The smallest absolute Gasteiger partial charge is 0.409 e. The lowest BCUT2D eigenvalue weighted by atomic mass is 10.00. The molecule has 2 aliphatic heterocycles. The van der Waals surface area contributed by atoms with Crippen LogP contribution >= 0.6 is 0 Å². The quantitative estimate of drug-likeness (QED) is 0.766. The van der Waals surface area contributed by atoms with Gasteiger partial charge in [0.15, 0.2) is 0 Å². The molecule has 2 saturated heterocycles. The van der Waals surface area contributed by atoms with E-state index in [1.807, 2.05) is 4.90 Å². The maximum atomic E-state index is 12.0. The lowest BCUT2D eigenvalue weighted by Crippen LogP contribution is -2.39. The number of rotatable bonds is 3. The summed E-state index contributed by atoms with van der Waals surface area (Å²) in [5.41, 5.74) is 0. The summed E-state index contributed by atoms with van der Waals surface area (Å²) in [6, 6.07) is 0. The van der Waals surface area contributed by atoms with Crippen LogP contribution in [0.15, 0.2) is 0 Å². The molecule has 5 nitrogen and oxygen atoms in total. The molecule has 2 unspecified atom stereocenters. The van der Waals surface area contributed by atoms with E-state index in [1.54, 1.807) is 11.9 Å². The maximum absolute atomic E-state index is 12.0. The van der Waals surface area contributed by atoms with E-state index in [0.717, 1.165) is 19.5 Å². The molecule has 102 valence electrons. The summed E-state index contributed by atoms with van der Waals surface area (Å²) in [7, 11) is 1.72. The van der Waals surface area contributed by atoms with Gasteiger partial charge in [0.05, 0.1) is 6.54 Å². The first-order valence-electron chi connectivity index (χ1n) is 6.76. The highest BCUT2D eigenvalue weighted by Crippen LogP contribution is 2.18. The van der Waals surface area contributed by atoms with Gasteiger partial charge in [-0.05, 0) is 25.2 Å². The van der Waals surface area contributed by atoms with E-state index in [-0.39, 0.29) is 18.1 Å². The summed E-state index contributed by atoms with van der Waals surface area (Å²) in [5.74, 6) is 0.810. The molecule has 0 spiro atoms. The van der Waals surface area contributed by atoms with E-state index >= 15 is 0 Å². The third kappa shape index (κ3) is 3.15. The fraction of sp³-hybridized carbons (Fsp3) is 0.846. The van der Waals surface area contributed by atoms with Crippen LogP contribution in [-0.4, -0.2) is 54.6 Å². The number of nitrogens with zero attached hydrogens (tertiary/aromatic N) is 2. The molecule has 0 aromatic carbocycles. The summed E-state index contributed by atoms with van der Waals surface area (Å²) >= 11 is 0. The first-order valence-corrected chi connectivity index (χ1v) is 6.76. The SMILES string of the molecule is CC1CCCN(C(=O)CCC2CN(C)C(=O)O2)C1. The van der Waals surface area contributed by atoms with Gasteiger partial charge in [0, 0.05) is 26.6 Å². The van der Waals surface area contributed by atoms with Crippen LogP contribution in [0.4, 0.5) is 4.79 Å². The molecule has 0 N–H and O–H groups in total. The number of piperidine rings is 1. The Hall–Kier alpha value is -1.26. The van der Waals surface area contributed by atoms with Gasteiger partial charge in [-0.3, -0.25) is 4.79 Å². The second-order valence-electron chi connectivity index (χ2n) is 5.51. The first kappa shape index (κ1) is 13.2. The number of carbonyl (C=O) groups is 2. The zero-order chi connectivity index (χ0) is 13.1. The molecule has 5 heteroatoms. The van der Waals surface area contributed by atoms with Gasteiger partial charge in [0.1, 0.15) is 6.10 Å². The van der Waals surface area contributed by atoms with Crippen molar-refractivity contribution in [1.82, 2.24) is 9.80 Å². The highest BCUT2D eigenvalue weighted by atomic mass is 16.6. The Morgan fingerprint density at radius 1 is 1.44 bits per heavy atom. The monoisotopic (exact) mass is 254 g/mol. The minimum absolute atomic E-state index is 0.117. The molecule has 2 atom stereocenters. The molecular weight excluding hydrogens is 232 g/mol. The number of hydrogen-bond acceptors (Lipinski definition) is 3. The van der Waals surface area contributed by atoms with Crippen molar-refractivity contribution in [1.29, 1.82) is 0 Å². The predicted molar refractivity (Wildman–Crippen MR) is 67.1 cm³/mol. The number of likely N-dealkylation sites (N-methyl/N-ethyl adjacent to an activating group) is 1.